The average Bonchev–Trinajstić information content (AvgIpc) is 2.47. The van der Waals surface area contributed by atoms with Gasteiger partial charge in [-0.1, -0.05) is 0 Å². The molecule has 0 saturated carbocycles. The Hall–Kier alpha value is -3.13. The summed E-state index contributed by atoms with van der Waals surface area (Å²) in [4.78, 5) is 7.31. The van der Waals surface area contributed by atoms with Crippen LogP contribution in [0.1, 0.15) is 16.8 Å². The van der Waals surface area contributed by atoms with Crippen LogP contribution in [-0.4, -0.2) is 9.97 Å². The van der Waals surface area contributed by atoms with Crippen LogP contribution >= 0.6 is 0 Å². The van der Waals surface area contributed by atoms with E-state index < -0.39 is 17.5 Å². The summed E-state index contributed by atoms with van der Waals surface area (Å²) >= 11 is 0. The van der Waals surface area contributed by atoms with Crippen LogP contribution in [0.3, 0.4) is 0 Å². The van der Waals surface area contributed by atoms with Crippen molar-refractivity contribution in [2.24, 2.45) is 0 Å². The molecule has 1 heterocycles. The van der Waals surface area contributed by atoms with Crippen LogP contribution in [-0.2, 0) is 6.18 Å². The van der Waals surface area contributed by atoms with Crippen molar-refractivity contribution in [1.29, 1.82) is 10.5 Å². The van der Waals surface area contributed by atoms with Gasteiger partial charge in [0.15, 0.2) is 5.69 Å². The van der Waals surface area contributed by atoms with E-state index in [1.807, 2.05) is 0 Å². The molecule has 2 aromatic rings. The van der Waals surface area contributed by atoms with Crippen molar-refractivity contribution >= 4 is 0 Å². The number of nitrogens with zero attached hydrogens (tertiary/aromatic N) is 4. The number of alkyl halides is 3. The number of benzene rings is 1. The van der Waals surface area contributed by atoms with Gasteiger partial charge < -0.3 is 4.74 Å². The Morgan fingerprint density at radius 2 is 1.81 bits per heavy atom. The van der Waals surface area contributed by atoms with E-state index in [1.54, 1.807) is 12.1 Å². The molecular formula is C13H5F3N4O. The van der Waals surface area contributed by atoms with Crippen molar-refractivity contribution in [3.8, 4) is 23.8 Å². The third-order valence-corrected chi connectivity index (χ3v) is 2.37. The molecule has 0 amide bonds. The third-order valence-electron chi connectivity index (χ3n) is 2.37. The van der Waals surface area contributed by atoms with E-state index >= 15 is 0 Å². The quantitative estimate of drug-likeness (QED) is 0.848. The highest BCUT2D eigenvalue weighted by Gasteiger charge is 2.35. The minimum atomic E-state index is -4.68. The Kier molecular flexibility index (Phi) is 3.72. The second-order valence-electron chi connectivity index (χ2n) is 3.77. The zero-order valence-corrected chi connectivity index (χ0v) is 10.2. The number of halogens is 3. The van der Waals surface area contributed by atoms with Crippen molar-refractivity contribution in [3.05, 3.63) is 47.4 Å². The molecule has 0 spiro atoms. The Labute approximate surface area is 116 Å². The predicted molar refractivity (Wildman–Crippen MR) is 63.0 cm³/mol. The molecule has 0 aliphatic rings. The first-order chi connectivity index (χ1) is 9.94. The van der Waals surface area contributed by atoms with Crippen molar-refractivity contribution in [3.63, 3.8) is 0 Å². The van der Waals surface area contributed by atoms with E-state index in [-0.39, 0.29) is 17.1 Å². The summed E-state index contributed by atoms with van der Waals surface area (Å²) in [6.45, 7) is 0. The first-order valence-corrected chi connectivity index (χ1v) is 5.45. The van der Waals surface area contributed by atoms with Gasteiger partial charge in [-0.25, -0.2) is 9.97 Å². The SMILES string of the molecule is N#Cc1ccc(Oc2cnc(C#N)cn2)c(C(F)(F)F)c1. The van der Waals surface area contributed by atoms with Crippen LogP contribution in [0.2, 0.25) is 0 Å². The zero-order valence-electron chi connectivity index (χ0n) is 10.2. The second-order valence-corrected chi connectivity index (χ2v) is 3.77. The lowest BCUT2D eigenvalue weighted by atomic mass is 10.1. The van der Waals surface area contributed by atoms with Crippen LogP contribution in [0.25, 0.3) is 0 Å². The summed E-state index contributed by atoms with van der Waals surface area (Å²) in [6.07, 6.45) is -2.56. The standard InChI is InChI=1S/C13H5F3N4O/c14-13(15,16)10-3-8(4-17)1-2-11(10)21-12-7-19-9(5-18)6-20-12/h1-3,6-7H. The fourth-order valence-electron chi connectivity index (χ4n) is 1.45. The van der Waals surface area contributed by atoms with E-state index in [0.29, 0.717) is 6.07 Å². The van der Waals surface area contributed by atoms with Gasteiger partial charge in [0.1, 0.15) is 11.8 Å². The summed E-state index contributed by atoms with van der Waals surface area (Å²) in [5.41, 5.74) is -1.22. The van der Waals surface area contributed by atoms with E-state index in [0.717, 1.165) is 18.5 Å². The molecule has 0 atom stereocenters. The van der Waals surface area contributed by atoms with Gasteiger partial charge in [-0.3, -0.25) is 0 Å². The molecule has 21 heavy (non-hydrogen) atoms. The molecule has 1 aromatic heterocycles. The summed E-state index contributed by atoms with van der Waals surface area (Å²) in [5, 5.41) is 17.2. The smallest absolute Gasteiger partial charge is 0.420 e. The predicted octanol–water partition coefficient (Wildman–Crippen LogP) is 3.03. The summed E-state index contributed by atoms with van der Waals surface area (Å²) in [6, 6.07) is 6.26. The van der Waals surface area contributed by atoms with Crippen LogP contribution < -0.4 is 4.74 Å². The number of hydrogen-bond donors (Lipinski definition) is 0. The molecule has 0 bridgehead atoms. The van der Waals surface area contributed by atoms with Gasteiger partial charge in [0, 0.05) is 0 Å². The maximum absolute atomic E-state index is 12.9. The molecule has 104 valence electrons. The summed E-state index contributed by atoms with van der Waals surface area (Å²) in [7, 11) is 0. The Morgan fingerprint density at radius 1 is 1.05 bits per heavy atom. The minimum absolute atomic E-state index is 0.0122. The monoisotopic (exact) mass is 290 g/mol. The number of nitriles is 2. The molecule has 0 unspecified atom stereocenters. The van der Waals surface area contributed by atoms with Crippen molar-refractivity contribution in [2.45, 2.75) is 6.18 Å². The lowest BCUT2D eigenvalue weighted by molar-refractivity contribution is -0.138. The van der Waals surface area contributed by atoms with Gasteiger partial charge in [0.25, 0.3) is 0 Å². The van der Waals surface area contributed by atoms with Crippen LogP contribution in [0.5, 0.6) is 11.6 Å². The maximum atomic E-state index is 12.9. The largest absolute Gasteiger partial charge is 0.437 e. The van der Waals surface area contributed by atoms with Gasteiger partial charge in [-0.2, -0.15) is 23.7 Å². The van der Waals surface area contributed by atoms with E-state index in [9.17, 15) is 13.2 Å². The molecule has 1 aromatic carbocycles. The fourth-order valence-corrected chi connectivity index (χ4v) is 1.45. The molecule has 2 rings (SSSR count). The average molecular weight is 290 g/mol. The third kappa shape index (κ3) is 3.25. The number of ether oxygens (including phenoxy) is 1. The van der Waals surface area contributed by atoms with Crippen LogP contribution in [0.4, 0.5) is 13.2 Å². The van der Waals surface area contributed by atoms with Gasteiger partial charge in [-0.15, -0.1) is 0 Å². The van der Waals surface area contributed by atoms with Crippen molar-refractivity contribution in [2.75, 3.05) is 0 Å². The molecule has 0 aliphatic carbocycles. The summed E-state index contributed by atoms with van der Waals surface area (Å²) < 4.78 is 43.8. The first kappa shape index (κ1) is 14.3. The molecule has 0 N–H and O–H groups in total. The van der Waals surface area contributed by atoms with Gasteiger partial charge in [-0.05, 0) is 18.2 Å². The highest BCUT2D eigenvalue weighted by atomic mass is 19.4. The molecule has 0 fully saturated rings. The molecule has 0 saturated heterocycles. The second kappa shape index (κ2) is 5.47. The molecule has 0 aliphatic heterocycles. The minimum Gasteiger partial charge on any atom is -0.437 e. The molecule has 5 nitrogen and oxygen atoms in total. The Morgan fingerprint density at radius 3 is 2.33 bits per heavy atom. The maximum Gasteiger partial charge on any atom is 0.420 e. The topological polar surface area (TPSA) is 82.6 Å². The highest BCUT2D eigenvalue weighted by molar-refractivity contribution is 5.44. The van der Waals surface area contributed by atoms with Crippen molar-refractivity contribution in [1.82, 2.24) is 9.97 Å². The van der Waals surface area contributed by atoms with E-state index in [4.69, 9.17) is 15.3 Å². The Balaban J connectivity index is 2.39. The summed E-state index contributed by atoms with van der Waals surface area (Å²) in [5.74, 6) is -0.690. The Bertz CT molecular complexity index is 742. The van der Waals surface area contributed by atoms with Crippen LogP contribution in [0.15, 0.2) is 30.6 Å². The lowest BCUT2D eigenvalue weighted by Gasteiger charge is -2.13. The number of hydrogen-bond acceptors (Lipinski definition) is 5. The molecular weight excluding hydrogens is 285 g/mol. The normalized spacial score (nSPS) is 10.5. The van der Waals surface area contributed by atoms with Crippen molar-refractivity contribution < 1.29 is 17.9 Å². The first-order valence-electron chi connectivity index (χ1n) is 5.45. The zero-order chi connectivity index (χ0) is 15.5. The number of rotatable bonds is 2. The van der Waals surface area contributed by atoms with Gasteiger partial charge >= 0.3 is 6.18 Å². The van der Waals surface area contributed by atoms with Gasteiger partial charge in [0.05, 0.1) is 29.6 Å². The lowest BCUT2D eigenvalue weighted by Crippen LogP contribution is -2.08. The van der Waals surface area contributed by atoms with E-state index in [1.165, 1.54) is 6.07 Å². The highest BCUT2D eigenvalue weighted by Crippen LogP contribution is 2.38. The van der Waals surface area contributed by atoms with Gasteiger partial charge in [0.2, 0.25) is 5.88 Å². The molecule has 8 heteroatoms. The number of aromatic nitrogens is 2. The fraction of sp³-hybridized carbons (Fsp3) is 0.0769. The molecule has 0 radical (unpaired) electrons. The van der Waals surface area contributed by atoms with Crippen LogP contribution in [0, 0.1) is 22.7 Å². The van der Waals surface area contributed by atoms with E-state index in [2.05, 4.69) is 9.97 Å².